The van der Waals surface area contributed by atoms with Gasteiger partial charge in [0.15, 0.2) is 0 Å². The standard InChI is InChI=1S/C7H6BrNO3S/c8-4-1-2-6-5(3-4)7(10)9-13(6,11)12/h1-3,7,9-10H. The van der Waals surface area contributed by atoms with Crippen LogP contribution in [0.25, 0.3) is 0 Å². The number of rotatable bonds is 0. The van der Waals surface area contributed by atoms with Gasteiger partial charge in [-0.2, -0.15) is 4.72 Å². The van der Waals surface area contributed by atoms with E-state index >= 15 is 0 Å². The summed E-state index contributed by atoms with van der Waals surface area (Å²) in [5.74, 6) is 0. The predicted octanol–water partition coefficient (Wildman–Crippen LogP) is 0.732. The molecule has 1 heterocycles. The van der Waals surface area contributed by atoms with E-state index in [9.17, 15) is 13.5 Å². The average Bonchev–Trinajstić information content (AvgIpc) is 2.22. The van der Waals surface area contributed by atoms with Crippen LogP contribution in [0.4, 0.5) is 0 Å². The van der Waals surface area contributed by atoms with Crippen molar-refractivity contribution in [2.45, 2.75) is 11.1 Å². The molecular formula is C7H6BrNO3S. The molecule has 1 aliphatic heterocycles. The van der Waals surface area contributed by atoms with E-state index in [4.69, 9.17) is 0 Å². The van der Waals surface area contributed by atoms with E-state index in [-0.39, 0.29) is 4.90 Å². The molecule has 0 saturated heterocycles. The highest BCUT2D eigenvalue weighted by atomic mass is 79.9. The second-order valence-electron chi connectivity index (χ2n) is 2.71. The summed E-state index contributed by atoms with van der Waals surface area (Å²) >= 11 is 3.20. The summed E-state index contributed by atoms with van der Waals surface area (Å²) in [5, 5.41) is 9.33. The van der Waals surface area contributed by atoms with Gasteiger partial charge in [0.1, 0.15) is 6.23 Å². The zero-order valence-electron chi connectivity index (χ0n) is 6.36. The first-order chi connectivity index (χ1) is 6.00. The number of hydrogen-bond donors (Lipinski definition) is 2. The maximum absolute atomic E-state index is 11.3. The van der Waals surface area contributed by atoms with Gasteiger partial charge in [0.25, 0.3) is 0 Å². The predicted molar refractivity (Wildman–Crippen MR) is 49.4 cm³/mol. The first kappa shape index (κ1) is 9.14. The monoisotopic (exact) mass is 263 g/mol. The molecule has 0 saturated carbocycles. The Kier molecular flexibility index (Phi) is 1.95. The van der Waals surface area contributed by atoms with Crippen LogP contribution in [0.15, 0.2) is 27.6 Å². The molecule has 0 aromatic heterocycles. The number of nitrogens with one attached hydrogen (secondary N) is 1. The Hall–Kier alpha value is -0.430. The molecule has 6 heteroatoms. The fraction of sp³-hybridized carbons (Fsp3) is 0.143. The van der Waals surface area contributed by atoms with Crippen molar-refractivity contribution in [3.63, 3.8) is 0 Å². The van der Waals surface area contributed by atoms with Crippen molar-refractivity contribution in [3.8, 4) is 0 Å². The fourth-order valence-corrected chi connectivity index (χ4v) is 2.91. The fourth-order valence-electron chi connectivity index (χ4n) is 1.25. The largest absolute Gasteiger partial charge is 0.373 e. The molecule has 13 heavy (non-hydrogen) atoms. The van der Waals surface area contributed by atoms with Crippen LogP contribution in [-0.4, -0.2) is 13.5 Å². The highest BCUT2D eigenvalue weighted by Gasteiger charge is 2.32. The number of aliphatic hydroxyl groups excluding tert-OH is 1. The van der Waals surface area contributed by atoms with Crippen molar-refractivity contribution in [1.82, 2.24) is 4.72 Å². The summed E-state index contributed by atoms with van der Waals surface area (Å²) in [6, 6.07) is 4.66. The topological polar surface area (TPSA) is 66.4 Å². The van der Waals surface area contributed by atoms with Gasteiger partial charge in [0.05, 0.1) is 4.90 Å². The van der Waals surface area contributed by atoms with Crippen molar-refractivity contribution in [2.24, 2.45) is 0 Å². The van der Waals surface area contributed by atoms with E-state index in [2.05, 4.69) is 20.7 Å². The third kappa shape index (κ3) is 1.39. The zero-order valence-corrected chi connectivity index (χ0v) is 8.76. The molecule has 0 amide bonds. The molecule has 1 unspecified atom stereocenters. The molecule has 0 aliphatic carbocycles. The molecule has 0 bridgehead atoms. The maximum atomic E-state index is 11.3. The van der Waals surface area contributed by atoms with Gasteiger partial charge in [0, 0.05) is 10.0 Å². The first-order valence-corrected chi connectivity index (χ1v) is 5.78. The van der Waals surface area contributed by atoms with Crippen molar-refractivity contribution in [1.29, 1.82) is 0 Å². The lowest BCUT2D eigenvalue weighted by Crippen LogP contribution is -2.18. The summed E-state index contributed by atoms with van der Waals surface area (Å²) in [5.41, 5.74) is 0.384. The van der Waals surface area contributed by atoms with Gasteiger partial charge in [-0.25, -0.2) is 8.42 Å². The lowest BCUT2D eigenvalue weighted by atomic mass is 10.2. The Bertz CT molecular complexity index is 457. The van der Waals surface area contributed by atoms with Crippen LogP contribution in [-0.2, 0) is 10.0 Å². The average molecular weight is 264 g/mol. The molecule has 70 valence electrons. The second kappa shape index (κ2) is 2.78. The third-order valence-corrected chi connectivity index (χ3v) is 3.80. The van der Waals surface area contributed by atoms with Crippen molar-refractivity contribution >= 4 is 26.0 Å². The number of hydrogen-bond acceptors (Lipinski definition) is 3. The van der Waals surface area contributed by atoms with Gasteiger partial charge in [-0.15, -0.1) is 0 Å². The van der Waals surface area contributed by atoms with Gasteiger partial charge in [-0.3, -0.25) is 0 Å². The molecule has 1 aliphatic rings. The molecule has 0 radical (unpaired) electrons. The van der Waals surface area contributed by atoms with Crippen molar-refractivity contribution < 1.29 is 13.5 Å². The van der Waals surface area contributed by atoms with Gasteiger partial charge < -0.3 is 5.11 Å². The summed E-state index contributed by atoms with van der Waals surface area (Å²) in [4.78, 5) is 0.142. The van der Waals surface area contributed by atoms with Gasteiger partial charge >= 0.3 is 0 Å². The Labute approximate surface area is 83.8 Å². The van der Waals surface area contributed by atoms with E-state index in [0.717, 1.165) is 4.47 Å². The smallest absolute Gasteiger partial charge is 0.243 e. The summed E-state index contributed by atoms with van der Waals surface area (Å²) in [7, 11) is -3.49. The van der Waals surface area contributed by atoms with Gasteiger partial charge in [0.2, 0.25) is 10.0 Å². The molecular weight excluding hydrogens is 258 g/mol. The van der Waals surface area contributed by atoms with Crippen molar-refractivity contribution in [3.05, 3.63) is 28.2 Å². The molecule has 4 nitrogen and oxygen atoms in total. The van der Waals surface area contributed by atoms with Crippen LogP contribution in [0.2, 0.25) is 0 Å². The summed E-state index contributed by atoms with van der Waals surface area (Å²) in [6.45, 7) is 0. The highest BCUT2D eigenvalue weighted by molar-refractivity contribution is 9.10. The SMILES string of the molecule is O=S1(=O)NC(O)c2cc(Br)ccc21. The Morgan fingerprint density at radius 2 is 2.15 bits per heavy atom. The van der Waals surface area contributed by atoms with E-state index < -0.39 is 16.3 Å². The minimum absolute atomic E-state index is 0.142. The minimum Gasteiger partial charge on any atom is -0.373 e. The number of benzene rings is 1. The normalized spacial score (nSPS) is 24.3. The molecule has 1 aromatic rings. The van der Waals surface area contributed by atoms with Crippen LogP contribution in [0.5, 0.6) is 0 Å². The Morgan fingerprint density at radius 1 is 1.46 bits per heavy atom. The number of aliphatic hydroxyl groups is 1. The van der Waals surface area contributed by atoms with E-state index in [1.807, 2.05) is 0 Å². The Morgan fingerprint density at radius 3 is 2.85 bits per heavy atom. The first-order valence-electron chi connectivity index (χ1n) is 3.50. The van der Waals surface area contributed by atoms with E-state index in [1.54, 1.807) is 12.1 Å². The lowest BCUT2D eigenvalue weighted by molar-refractivity contribution is 0.170. The second-order valence-corrected chi connectivity index (χ2v) is 5.30. The number of sulfonamides is 1. The van der Waals surface area contributed by atoms with Gasteiger partial charge in [-0.1, -0.05) is 15.9 Å². The quantitative estimate of drug-likeness (QED) is 0.726. The highest BCUT2D eigenvalue weighted by Crippen LogP contribution is 2.30. The molecule has 1 aromatic carbocycles. The van der Waals surface area contributed by atoms with E-state index in [1.165, 1.54) is 6.07 Å². The lowest BCUT2D eigenvalue weighted by Gasteiger charge is -2.00. The summed E-state index contributed by atoms with van der Waals surface area (Å²) in [6.07, 6.45) is -1.13. The maximum Gasteiger partial charge on any atom is 0.243 e. The van der Waals surface area contributed by atoms with Crippen LogP contribution in [0.3, 0.4) is 0 Å². The van der Waals surface area contributed by atoms with Crippen LogP contribution in [0.1, 0.15) is 11.8 Å². The molecule has 2 N–H and O–H groups in total. The van der Waals surface area contributed by atoms with Crippen LogP contribution < -0.4 is 4.72 Å². The molecule has 0 fully saturated rings. The minimum atomic E-state index is -3.49. The number of halogens is 1. The summed E-state index contributed by atoms with van der Waals surface area (Å²) < 4.78 is 25.4. The molecule has 2 rings (SSSR count). The third-order valence-electron chi connectivity index (χ3n) is 1.82. The number of fused-ring (bicyclic) bond motifs is 1. The zero-order chi connectivity index (χ0) is 9.64. The van der Waals surface area contributed by atoms with Crippen molar-refractivity contribution in [2.75, 3.05) is 0 Å². The molecule has 0 spiro atoms. The molecule has 1 atom stereocenters. The Balaban J connectivity index is 2.73. The van der Waals surface area contributed by atoms with E-state index in [0.29, 0.717) is 5.56 Å². The van der Waals surface area contributed by atoms with Crippen LogP contribution >= 0.6 is 15.9 Å². The van der Waals surface area contributed by atoms with Crippen LogP contribution in [0, 0.1) is 0 Å². The van der Waals surface area contributed by atoms with Gasteiger partial charge in [-0.05, 0) is 18.2 Å².